The van der Waals surface area contributed by atoms with Crippen LogP contribution in [0.2, 0.25) is 0 Å². The van der Waals surface area contributed by atoms with Gasteiger partial charge >= 0.3 is 0 Å². The van der Waals surface area contributed by atoms with Crippen molar-refractivity contribution in [2.75, 3.05) is 7.05 Å². The van der Waals surface area contributed by atoms with Crippen LogP contribution in [-0.4, -0.2) is 28.8 Å². The molecule has 0 aliphatic heterocycles. The second kappa shape index (κ2) is 6.10. The van der Waals surface area contributed by atoms with Crippen molar-refractivity contribution >= 4 is 11.8 Å². The number of aromatic nitrogens is 2. The molecule has 0 unspecified atom stereocenters. The Morgan fingerprint density at radius 3 is 2.71 bits per heavy atom. The SMILES string of the molecule is CNC(=O)c1cccc(-c2cnc(CN)c(C(N)=O)n2)c1. The maximum Gasteiger partial charge on any atom is 0.269 e. The van der Waals surface area contributed by atoms with Gasteiger partial charge in [0.2, 0.25) is 0 Å². The lowest BCUT2D eigenvalue weighted by Crippen LogP contribution is -2.19. The summed E-state index contributed by atoms with van der Waals surface area (Å²) >= 11 is 0. The van der Waals surface area contributed by atoms with Crippen molar-refractivity contribution in [1.29, 1.82) is 0 Å². The average molecular weight is 285 g/mol. The van der Waals surface area contributed by atoms with E-state index in [9.17, 15) is 9.59 Å². The molecule has 2 amide bonds. The van der Waals surface area contributed by atoms with E-state index in [4.69, 9.17) is 11.5 Å². The van der Waals surface area contributed by atoms with Crippen molar-refractivity contribution in [2.45, 2.75) is 6.54 Å². The summed E-state index contributed by atoms with van der Waals surface area (Å²) in [5.41, 5.74) is 12.8. The largest absolute Gasteiger partial charge is 0.364 e. The molecule has 1 heterocycles. The Labute approximate surface area is 121 Å². The third-order valence-electron chi connectivity index (χ3n) is 2.92. The van der Waals surface area contributed by atoms with Gasteiger partial charge in [0.15, 0.2) is 5.69 Å². The van der Waals surface area contributed by atoms with Crippen LogP contribution in [0.5, 0.6) is 0 Å². The highest BCUT2D eigenvalue weighted by Gasteiger charge is 2.13. The third kappa shape index (κ3) is 3.03. The summed E-state index contributed by atoms with van der Waals surface area (Å²) in [4.78, 5) is 31.3. The van der Waals surface area contributed by atoms with E-state index < -0.39 is 5.91 Å². The molecular formula is C14H15N5O2. The van der Waals surface area contributed by atoms with Crippen molar-refractivity contribution in [3.63, 3.8) is 0 Å². The lowest BCUT2D eigenvalue weighted by Gasteiger charge is -2.07. The number of hydrogen-bond donors (Lipinski definition) is 3. The Hall–Kier alpha value is -2.80. The lowest BCUT2D eigenvalue weighted by molar-refractivity contribution is 0.0961. The minimum Gasteiger partial charge on any atom is -0.364 e. The summed E-state index contributed by atoms with van der Waals surface area (Å²) in [6, 6.07) is 6.83. The van der Waals surface area contributed by atoms with Crippen LogP contribution < -0.4 is 16.8 Å². The van der Waals surface area contributed by atoms with Crippen molar-refractivity contribution in [3.8, 4) is 11.3 Å². The molecule has 2 rings (SSSR count). The molecule has 108 valence electrons. The molecule has 21 heavy (non-hydrogen) atoms. The Balaban J connectivity index is 2.49. The van der Waals surface area contributed by atoms with Gasteiger partial charge in [-0.2, -0.15) is 0 Å². The van der Waals surface area contributed by atoms with Crippen LogP contribution in [0.15, 0.2) is 30.5 Å². The minimum atomic E-state index is -0.688. The van der Waals surface area contributed by atoms with Crippen LogP contribution in [0.25, 0.3) is 11.3 Å². The summed E-state index contributed by atoms with van der Waals surface area (Å²) in [5, 5.41) is 2.54. The summed E-state index contributed by atoms with van der Waals surface area (Å²) in [7, 11) is 1.55. The summed E-state index contributed by atoms with van der Waals surface area (Å²) in [5.74, 6) is -0.897. The van der Waals surface area contributed by atoms with Gasteiger partial charge in [0.1, 0.15) is 0 Å². The fourth-order valence-corrected chi connectivity index (χ4v) is 1.86. The summed E-state index contributed by atoms with van der Waals surface area (Å²) < 4.78 is 0. The van der Waals surface area contributed by atoms with Crippen LogP contribution in [0.3, 0.4) is 0 Å². The number of hydrogen-bond acceptors (Lipinski definition) is 5. The number of carbonyl (C=O) groups is 2. The van der Waals surface area contributed by atoms with Gasteiger partial charge in [-0.15, -0.1) is 0 Å². The van der Waals surface area contributed by atoms with Gasteiger partial charge in [-0.25, -0.2) is 4.98 Å². The predicted octanol–water partition coefficient (Wildman–Crippen LogP) is 0.0608. The maximum absolute atomic E-state index is 11.6. The van der Waals surface area contributed by atoms with Crippen molar-refractivity contribution in [2.24, 2.45) is 11.5 Å². The molecule has 1 aromatic heterocycles. The highest BCUT2D eigenvalue weighted by molar-refractivity contribution is 5.95. The Morgan fingerprint density at radius 1 is 1.33 bits per heavy atom. The van der Waals surface area contributed by atoms with Gasteiger partial charge in [-0.3, -0.25) is 14.6 Å². The zero-order valence-electron chi connectivity index (χ0n) is 11.5. The van der Waals surface area contributed by atoms with Gasteiger partial charge in [0.25, 0.3) is 11.8 Å². The van der Waals surface area contributed by atoms with E-state index in [2.05, 4.69) is 15.3 Å². The first-order valence-electron chi connectivity index (χ1n) is 6.25. The molecule has 0 saturated carbocycles. The number of primary amides is 1. The van der Waals surface area contributed by atoms with E-state index >= 15 is 0 Å². The fraction of sp³-hybridized carbons (Fsp3) is 0.143. The first-order chi connectivity index (χ1) is 10.1. The normalized spacial score (nSPS) is 10.2. The van der Waals surface area contributed by atoms with Crippen LogP contribution in [0.1, 0.15) is 26.5 Å². The second-order valence-corrected chi connectivity index (χ2v) is 4.28. The van der Waals surface area contributed by atoms with E-state index in [0.29, 0.717) is 22.5 Å². The van der Waals surface area contributed by atoms with Crippen LogP contribution in [0.4, 0.5) is 0 Å². The molecule has 0 radical (unpaired) electrons. The van der Waals surface area contributed by atoms with E-state index in [1.165, 1.54) is 6.20 Å². The molecule has 2 aromatic rings. The highest BCUT2D eigenvalue weighted by Crippen LogP contribution is 2.19. The number of rotatable bonds is 4. The molecule has 0 bridgehead atoms. The van der Waals surface area contributed by atoms with E-state index in [1.54, 1.807) is 31.3 Å². The van der Waals surface area contributed by atoms with Gasteiger partial charge in [-0.05, 0) is 12.1 Å². The predicted molar refractivity (Wildman–Crippen MR) is 77.3 cm³/mol. The number of carbonyl (C=O) groups excluding carboxylic acids is 2. The van der Waals surface area contributed by atoms with Gasteiger partial charge < -0.3 is 16.8 Å². The number of nitrogens with one attached hydrogen (secondary N) is 1. The van der Waals surface area contributed by atoms with E-state index in [1.807, 2.05) is 0 Å². The van der Waals surface area contributed by atoms with Gasteiger partial charge in [0.05, 0.1) is 17.6 Å². The third-order valence-corrected chi connectivity index (χ3v) is 2.92. The first kappa shape index (κ1) is 14.6. The molecule has 1 aromatic carbocycles. The number of nitrogens with zero attached hydrogens (tertiary/aromatic N) is 2. The smallest absolute Gasteiger partial charge is 0.269 e. The Kier molecular flexibility index (Phi) is 4.24. The molecule has 0 saturated heterocycles. The van der Waals surface area contributed by atoms with Gasteiger partial charge in [-0.1, -0.05) is 12.1 Å². The summed E-state index contributed by atoms with van der Waals surface area (Å²) in [6.45, 7) is 0.0732. The van der Waals surface area contributed by atoms with Crippen LogP contribution >= 0.6 is 0 Å². The standard InChI is InChI=1S/C14H15N5O2/c1-17-14(21)9-4-2-3-8(5-9)11-7-18-10(6-15)12(19-11)13(16)20/h2-5,7H,6,15H2,1H3,(H2,16,20)(H,17,21). The van der Waals surface area contributed by atoms with Crippen molar-refractivity contribution < 1.29 is 9.59 Å². The Bertz CT molecular complexity index is 700. The quantitative estimate of drug-likeness (QED) is 0.732. The molecular weight excluding hydrogens is 270 g/mol. The average Bonchev–Trinajstić information content (AvgIpc) is 2.53. The summed E-state index contributed by atoms with van der Waals surface area (Å²) in [6.07, 6.45) is 1.50. The molecule has 0 fully saturated rings. The maximum atomic E-state index is 11.6. The molecule has 0 aliphatic rings. The monoisotopic (exact) mass is 285 g/mol. The number of amides is 2. The topological polar surface area (TPSA) is 124 Å². The fourth-order valence-electron chi connectivity index (χ4n) is 1.86. The van der Waals surface area contributed by atoms with Crippen LogP contribution in [0, 0.1) is 0 Å². The number of benzene rings is 1. The molecule has 7 heteroatoms. The lowest BCUT2D eigenvalue weighted by atomic mass is 10.1. The van der Waals surface area contributed by atoms with Crippen LogP contribution in [-0.2, 0) is 6.54 Å². The Morgan fingerprint density at radius 2 is 2.10 bits per heavy atom. The molecule has 0 spiro atoms. The first-order valence-corrected chi connectivity index (χ1v) is 6.25. The van der Waals surface area contributed by atoms with Crippen molar-refractivity contribution in [1.82, 2.24) is 15.3 Å². The zero-order valence-corrected chi connectivity index (χ0v) is 11.5. The molecule has 7 nitrogen and oxygen atoms in total. The van der Waals surface area contributed by atoms with Crippen molar-refractivity contribution in [3.05, 3.63) is 47.4 Å². The highest BCUT2D eigenvalue weighted by atomic mass is 16.2. The van der Waals surface area contributed by atoms with E-state index in [0.717, 1.165) is 0 Å². The van der Waals surface area contributed by atoms with E-state index in [-0.39, 0.29) is 18.1 Å². The molecule has 0 aliphatic carbocycles. The van der Waals surface area contributed by atoms with Gasteiger partial charge in [0, 0.05) is 24.7 Å². The molecule has 0 atom stereocenters. The second-order valence-electron chi connectivity index (χ2n) is 4.28. The molecule has 5 N–H and O–H groups in total. The minimum absolute atomic E-state index is 0.0420. The zero-order chi connectivity index (χ0) is 15.4. The number of nitrogens with two attached hydrogens (primary N) is 2.